The minimum absolute atomic E-state index is 0.813. The van der Waals surface area contributed by atoms with Gasteiger partial charge in [-0.1, -0.05) is 12.1 Å². The summed E-state index contributed by atoms with van der Waals surface area (Å²) in [6, 6.07) is 10.6. The van der Waals surface area contributed by atoms with Crippen LogP contribution in [0.2, 0.25) is 0 Å². The summed E-state index contributed by atoms with van der Waals surface area (Å²) >= 11 is 1.63. The quantitative estimate of drug-likeness (QED) is 0.789. The van der Waals surface area contributed by atoms with Gasteiger partial charge in [-0.05, 0) is 30.7 Å². The van der Waals surface area contributed by atoms with Crippen molar-refractivity contribution >= 4 is 22.2 Å². The maximum absolute atomic E-state index is 4.51. The Bertz CT molecular complexity index is 677. The van der Waals surface area contributed by atoms with E-state index in [1.54, 1.807) is 11.3 Å². The number of fused-ring (bicyclic) bond motifs is 1. The Balaban J connectivity index is 1.69. The number of hydrogen-bond donors (Lipinski definition) is 1. The second-order valence-electron chi connectivity index (χ2n) is 4.56. The fourth-order valence-corrected chi connectivity index (χ4v) is 2.61. The molecule has 0 aliphatic rings. The van der Waals surface area contributed by atoms with Gasteiger partial charge in [0.25, 0.3) is 0 Å². The summed E-state index contributed by atoms with van der Waals surface area (Å²) in [5.74, 6) is 0. The average molecular weight is 269 g/mol. The van der Waals surface area contributed by atoms with Gasteiger partial charge in [-0.2, -0.15) is 0 Å². The first kappa shape index (κ1) is 12.3. The lowest BCUT2D eigenvalue weighted by molar-refractivity contribution is 0.683. The second kappa shape index (κ2) is 5.47. The van der Waals surface area contributed by atoms with Crippen LogP contribution in [-0.4, -0.2) is 9.97 Å². The zero-order chi connectivity index (χ0) is 13.1. The first-order valence-electron chi connectivity index (χ1n) is 6.25. The zero-order valence-corrected chi connectivity index (χ0v) is 11.6. The van der Waals surface area contributed by atoms with Crippen molar-refractivity contribution in [3.8, 4) is 0 Å². The van der Waals surface area contributed by atoms with Crippen molar-refractivity contribution in [1.29, 1.82) is 0 Å². The number of hydrogen-bond acceptors (Lipinski definition) is 4. The summed E-state index contributed by atoms with van der Waals surface area (Å²) in [4.78, 5) is 8.76. The van der Waals surface area contributed by atoms with Crippen LogP contribution in [0.15, 0.2) is 41.2 Å². The number of benzene rings is 1. The molecule has 96 valence electrons. The van der Waals surface area contributed by atoms with Crippen LogP contribution in [0, 0.1) is 6.92 Å². The van der Waals surface area contributed by atoms with Crippen molar-refractivity contribution in [3.05, 3.63) is 58.2 Å². The molecule has 3 rings (SSSR count). The van der Waals surface area contributed by atoms with Crippen LogP contribution < -0.4 is 5.32 Å². The molecule has 0 spiro atoms. The van der Waals surface area contributed by atoms with E-state index in [2.05, 4.69) is 51.0 Å². The average Bonchev–Trinajstić information content (AvgIpc) is 2.92. The largest absolute Gasteiger partial charge is 0.307 e. The van der Waals surface area contributed by atoms with Crippen LogP contribution in [0.25, 0.3) is 10.9 Å². The van der Waals surface area contributed by atoms with E-state index in [4.69, 9.17) is 0 Å². The first-order chi connectivity index (χ1) is 9.31. The van der Waals surface area contributed by atoms with Gasteiger partial charge in [0.05, 0.1) is 16.7 Å². The third-order valence-corrected chi connectivity index (χ3v) is 3.65. The number of thiazole rings is 1. The van der Waals surface area contributed by atoms with E-state index in [0.717, 1.165) is 30.0 Å². The van der Waals surface area contributed by atoms with E-state index >= 15 is 0 Å². The minimum atomic E-state index is 0.813. The topological polar surface area (TPSA) is 37.8 Å². The van der Waals surface area contributed by atoms with Crippen LogP contribution in [-0.2, 0) is 13.1 Å². The Hall–Kier alpha value is -1.78. The molecular weight excluding hydrogens is 254 g/mol. The molecule has 19 heavy (non-hydrogen) atoms. The van der Waals surface area contributed by atoms with E-state index < -0.39 is 0 Å². The number of aromatic nitrogens is 2. The maximum atomic E-state index is 4.51. The van der Waals surface area contributed by atoms with Crippen molar-refractivity contribution in [2.45, 2.75) is 20.0 Å². The monoisotopic (exact) mass is 269 g/mol. The highest BCUT2D eigenvalue weighted by atomic mass is 32.1. The lowest BCUT2D eigenvalue weighted by Gasteiger charge is -2.05. The van der Waals surface area contributed by atoms with Crippen LogP contribution >= 0.6 is 11.3 Å². The third kappa shape index (κ3) is 2.97. The molecule has 4 heteroatoms. The van der Waals surface area contributed by atoms with Crippen molar-refractivity contribution in [2.75, 3.05) is 0 Å². The van der Waals surface area contributed by atoms with Gasteiger partial charge in [0.1, 0.15) is 0 Å². The summed E-state index contributed by atoms with van der Waals surface area (Å²) in [6.07, 6.45) is 0. The molecule has 1 N–H and O–H groups in total. The molecule has 3 nitrogen and oxygen atoms in total. The van der Waals surface area contributed by atoms with Crippen LogP contribution in [0.1, 0.15) is 17.0 Å². The predicted molar refractivity (Wildman–Crippen MR) is 79.1 cm³/mol. The third-order valence-electron chi connectivity index (χ3n) is 3.01. The minimum Gasteiger partial charge on any atom is -0.307 e. The fraction of sp³-hybridized carbons (Fsp3) is 0.200. The first-order valence-corrected chi connectivity index (χ1v) is 7.19. The Morgan fingerprint density at radius 2 is 2.11 bits per heavy atom. The number of rotatable bonds is 4. The van der Waals surface area contributed by atoms with Gasteiger partial charge in [-0.25, -0.2) is 4.98 Å². The number of nitrogens with one attached hydrogen (secondary N) is 1. The molecule has 0 unspecified atom stereocenters. The molecule has 3 aromatic rings. The van der Waals surface area contributed by atoms with Crippen LogP contribution in [0.4, 0.5) is 0 Å². The number of aryl methyl sites for hydroxylation is 1. The number of nitrogens with zero attached hydrogens (tertiary/aromatic N) is 2. The van der Waals surface area contributed by atoms with Gasteiger partial charge in [0.15, 0.2) is 0 Å². The van der Waals surface area contributed by atoms with Gasteiger partial charge >= 0.3 is 0 Å². The molecular formula is C15H15N3S. The number of pyridine rings is 1. The summed E-state index contributed by atoms with van der Waals surface area (Å²) in [7, 11) is 0. The molecule has 0 aliphatic carbocycles. The molecule has 0 saturated heterocycles. The molecule has 1 aromatic carbocycles. The van der Waals surface area contributed by atoms with E-state index in [-0.39, 0.29) is 0 Å². The van der Waals surface area contributed by atoms with Crippen molar-refractivity contribution in [3.63, 3.8) is 0 Å². The Labute approximate surface area is 116 Å². The lowest BCUT2D eigenvalue weighted by atomic mass is 10.1. The molecule has 2 heterocycles. The summed E-state index contributed by atoms with van der Waals surface area (Å²) in [6.45, 7) is 3.68. The highest BCUT2D eigenvalue weighted by Gasteiger charge is 1.99. The summed E-state index contributed by atoms with van der Waals surface area (Å²) in [5.41, 5.74) is 6.35. The van der Waals surface area contributed by atoms with E-state index in [1.807, 2.05) is 12.4 Å². The summed E-state index contributed by atoms with van der Waals surface area (Å²) in [5, 5.41) is 6.67. The Morgan fingerprint density at radius 3 is 2.95 bits per heavy atom. The van der Waals surface area contributed by atoms with Gasteiger partial charge in [-0.15, -0.1) is 11.3 Å². The van der Waals surface area contributed by atoms with Crippen LogP contribution in [0.5, 0.6) is 0 Å². The van der Waals surface area contributed by atoms with Gasteiger partial charge in [0.2, 0.25) is 0 Å². The van der Waals surface area contributed by atoms with Gasteiger partial charge in [0, 0.05) is 29.5 Å². The Kier molecular flexibility index (Phi) is 3.53. The smallest absolute Gasteiger partial charge is 0.0795 e. The van der Waals surface area contributed by atoms with Crippen molar-refractivity contribution in [1.82, 2.24) is 15.3 Å². The summed E-state index contributed by atoms with van der Waals surface area (Å²) < 4.78 is 0. The second-order valence-corrected chi connectivity index (χ2v) is 5.28. The highest BCUT2D eigenvalue weighted by molar-refractivity contribution is 7.07. The van der Waals surface area contributed by atoms with Crippen LogP contribution in [0.3, 0.4) is 0 Å². The van der Waals surface area contributed by atoms with Gasteiger partial charge in [-0.3, -0.25) is 4.98 Å². The molecule has 0 radical (unpaired) electrons. The SMILES string of the molecule is Cc1ccc2cc(CNCc3cscn3)ccc2n1. The van der Waals surface area contributed by atoms with E-state index in [1.165, 1.54) is 10.9 Å². The molecule has 0 saturated carbocycles. The van der Waals surface area contributed by atoms with Crippen molar-refractivity contribution in [2.24, 2.45) is 0 Å². The standard InChI is InChI=1S/C15H15N3S/c1-11-2-4-13-6-12(3-5-15(13)18-11)7-16-8-14-9-19-10-17-14/h2-6,9-10,16H,7-8H2,1H3. The maximum Gasteiger partial charge on any atom is 0.0795 e. The molecule has 0 amide bonds. The van der Waals surface area contributed by atoms with E-state index in [9.17, 15) is 0 Å². The van der Waals surface area contributed by atoms with Gasteiger partial charge < -0.3 is 5.32 Å². The molecule has 0 fully saturated rings. The molecule has 0 aliphatic heterocycles. The predicted octanol–water partition coefficient (Wildman–Crippen LogP) is 3.29. The fourth-order valence-electron chi connectivity index (χ4n) is 2.05. The molecule has 2 aromatic heterocycles. The van der Waals surface area contributed by atoms with Crippen molar-refractivity contribution < 1.29 is 0 Å². The van der Waals surface area contributed by atoms with E-state index in [0.29, 0.717) is 0 Å². The molecule has 0 bridgehead atoms. The Morgan fingerprint density at radius 1 is 1.16 bits per heavy atom. The lowest BCUT2D eigenvalue weighted by Crippen LogP contribution is -2.12. The zero-order valence-electron chi connectivity index (χ0n) is 10.8. The molecule has 0 atom stereocenters. The highest BCUT2D eigenvalue weighted by Crippen LogP contribution is 2.14. The normalized spacial score (nSPS) is 11.0.